The van der Waals surface area contributed by atoms with E-state index in [0.29, 0.717) is 15.8 Å². The number of benzene rings is 1. The molecule has 1 fully saturated rings. The fraction of sp³-hybridized carbons (Fsp3) is 0.333. The molecule has 112 valence electrons. The van der Waals surface area contributed by atoms with Gasteiger partial charge in [0.25, 0.3) is 5.91 Å². The van der Waals surface area contributed by atoms with E-state index >= 15 is 0 Å². The highest BCUT2D eigenvalue weighted by Gasteiger charge is 2.31. The summed E-state index contributed by atoms with van der Waals surface area (Å²) in [6.07, 6.45) is 2.63. The number of carbonyl (C=O) groups is 1. The lowest BCUT2D eigenvalue weighted by Crippen LogP contribution is -2.30. The van der Waals surface area contributed by atoms with Crippen LogP contribution in [0.15, 0.2) is 29.2 Å². The number of nitrogens with zero attached hydrogens (tertiary/aromatic N) is 2. The molecule has 0 radical (unpaired) electrons. The van der Waals surface area contributed by atoms with E-state index in [1.54, 1.807) is 23.1 Å². The van der Waals surface area contributed by atoms with Crippen molar-refractivity contribution in [2.24, 2.45) is 0 Å². The molecule has 0 aliphatic carbocycles. The van der Waals surface area contributed by atoms with Crippen LogP contribution in [0, 0.1) is 5.82 Å². The molecular formula is C15H17FN2OS2. The number of thioether (sulfide) groups is 1. The Bertz CT molecular complexity index is 570. The predicted molar refractivity (Wildman–Crippen MR) is 89.5 cm³/mol. The van der Waals surface area contributed by atoms with Gasteiger partial charge in [-0.05, 0) is 50.8 Å². The number of amides is 1. The lowest BCUT2D eigenvalue weighted by Gasteiger charge is -2.16. The SMILES string of the molecule is CN(C)CCCN1C(=O)/C(=C/c2ccc(F)cc2)SC1=S. The summed E-state index contributed by atoms with van der Waals surface area (Å²) in [5.74, 6) is -0.350. The van der Waals surface area contributed by atoms with E-state index in [2.05, 4.69) is 4.90 Å². The summed E-state index contributed by atoms with van der Waals surface area (Å²) >= 11 is 6.57. The largest absolute Gasteiger partial charge is 0.309 e. The van der Waals surface area contributed by atoms with Crippen molar-refractivity contribution in [2.75, 3.05) is 27.2 Å². The van der Waals surface area contributed by atoms with Gasteiger partial charge in [-0.1, -0.05) is 36.1 Å². The molecule has 1 aliphatic heterocycles. The number of carbonyl (C=O) groups excluding carboxylic acids is 1. The van der Waals surface area contributed by atoms with E-state index in [-0.39, 0.29) is 11.7 Å². The molecule has 0 atom stereocenters. The Morgan fingerprint density at radius 2 is 2.00 bits per heavy atom. The van der Waals surface area contributed by atoms with Gasteiger partial charge in [-0.15, -0.1) is 0 Å². The van der Waals surface area contributed by atoms with Gasteiger partial charge >= 0.3 is 0 Å². The number of hydrogen-bond acceptors (Lipinski definition) is 4. The van der Waals surface area contributed by atoms with Crippen LogP contribution < -0.4 is 0 Å². The van der Waals surface area contributed by atoms with Crippen molar-refractivity contribution < 1.29 is 9.18 Å². The molecule has 1 aliphatic rings. The van der Waals surface area contributed by atoms with Crippen molar-refractivity contribution in [3.8, 4) is 0 Å². The fourth-order valence-electron chi connectivity index (χ4n) is 1.95. The monoisotopic (exact) mass is 324 g/mol. The van der Waals surface area contributed by atoms with Crippen LogP contribution in [0.3, 0.4) is 0 Å². The van der Waals surface area contributed by atoms with Crippen molar-refractivity contribution in [3.63, 3.8) is 0 Å². The zero-order chi connectivity index (χ0) is 15.4. The molecule has 1 amide bonds. The van der Waals surface area contributed by atoms with Crippen LogP contribution in [0.2, 0.25) is 0 Å². The van der Waals surface area contributed by atoms with Gasteiger partial charge in [0.2, 0.25) is 0 Å². The highest BCUT2D eigenvalue weighted by atomic mass is 32.2. The van der Waals surface area contributed by atoms with Crippen LogP contribution in [0.25, 0.3) is 6.08 Å². The molecule has 21 heavy (non-hydrogen) atoms. The Morgan fingerprint density at radius 1 is 1.33 bits per heavy atom. The van der Waals surface area contributed by atoms with Crippen molar-refractivity contribution in [3.05, 3.63) is 40.6 Å². The fourth-order valence-corrected chi connectivity index (χ4v) is 3.26. The topological polar surface area (TPSA) is 23.6 Å². The number of hydrogen-bond donors (Lipinski definition) is 0. The molecule has 0 aromatic heterocycles. The Labute approximate surface area is 133 Å². The third-order valence-electron chi connectivity index (χ3n) is 3.03. The van der Waals surface area contributed by atoms with Gasteiger partial charge in [-0.25, -0.2) is 4.39 Å². The Morgan fingerprint density at radius 3 is 2.62 bits per heavy atom. The van der Waals surface area contributed by atoms with Gasteiger partial charge in [-0.3, -0.25) is 9.69 Å². The molecule has 1 heterocycles. The molecule has 1 aromatic carbocycles. The van der Waals surface area contributed by atoms with E-state index in [9.17, 15) is 9.18 Å². The lowest BCUT2D eigenvalue weighted by atomic mass is 10.2. The smallest absolute Gasteiger partial charge is 0.266 e. The standard InChI is InChI=1S/C15H17FN2OS2/c1-17(2)8-3-9-18-14(19)13(21-15(18)20)10-11-4-6-12(16)7-5-11/h4-7,10H,3,8-9H2,1-2H3/b13-10-. The van der Waals surface area contributed by atoms with Crippen molar-refractivity contribution in [2.45, 2.75) is 6.42 Å². The zero-order valence-electron chi connectivity index (χ0n) is 12.0. The number of rotatable bonds is 5. The maximum Gasteiger partial charge on any atom is 0.266 e. The van der Waals surface area contributed by atoms with E-state index in [4.69, 9.17) is 12.2 Å². The summed E-state index contributed by atoms with van der Waals surface area (Å²) in [5, 5.41) is 0. The molecule has 1 aromatic rings. The number of halogens is 1. The molecule has 0 unspecified atom stereocenters. The normalized spacial score (nSPS) is 17.3. The molecule has 6 heteroatoms. The first-order valence-electron chi connectivity index (χ1n) is 6.63. The second kappa shape index (κ2) is 7.15. The minimum absolute atomic E-state index is 0.0620. The second-order valence-electron chi connectivity index (χ2n) is 5.04. The molecule has 2 rings (SSSR count). The van der Waals surface area contributed by atoms with Gasteiger partial charge in [0.05, 0.1) is 4.91 Å². The molecule has 0 spiro atoms. The average Bonchev–Trinajstić information content (AvgIpc) is 2.68. The summed E-state index contributed by atoms with van der Waals surface area (Å²) in [4.78, 5) is 16.6. The maximum absolute atomic E-state index is 12.9. The van der Waals surface area contributed by atoms with Crippen LogP contribution in [0.4, 0.5) is 4.39 Å². The molecule has 3 nitrogen and oxygen atoms in total. The summed E-state index contributed by atoms with van der Waals surface area (Å²) in [7, 11) is 4.00. The van der Waals surface area contributed by atoms with E-state index in [1.165, 1.54) is 23.9 Å². The lowest BCUT2D eigenvalue weighted by molar-refractivity contribution is -0.122. The minimum Gasteiger partial charge on any atom is -0.309 e. The van der Waals surface area contributed by atoms with Crippen LogP contribution in [0.5, 0.6) is 0 Å². The van der Waals surface area contributed by atoms with E-state index in [1.807, 2.05) is 14.1 Å². The van der Waals surface area contributed by atoms with Gasteiger partial charge in [0.1, 0.15) is 10.1 Å². The van der Waals surface area contributed by atoms with Crippen LogP contribution in [-0.2, 0) is 4.79 Å². The average molecular weight is 324 g/mol. The third-order valence-corrected chi connectivity index (χ3v) is 4.41. The molecule has 0 bridgehead atoms. The maximum atomic E-state index is 12.9. The van der Waals surface area contributed by atoms with Gasteiger partial charge in [0, 0.05) is 6.54 Å². The van der Waals surface area contributed by atoms with E-state index in [0.717, 1.165) is 18.5 Å². The highest BCUT2D eigenvalue weighted by Crippen LogP contribution is 2.32. The second-order valence-corrected chi connectivity index (χ2v) is 6.72. The molecule has 0 N–H and O–H groups in total. The summed E-state index contributed by atoms with van der Waals surface area (Å²) < 4.78 is 13.5. The van der Waals surface area contributed by atoms with Crippen molar-refractivity contribution in [1.29, 1.82) is 0 Å². The van der Waals surface area contributed by atoms with Gasteiger partial charge < -0.3 is 4.90 Å². The zero-order valence-corrected chi connectivity index (χ0v) is 13.6. The predicted octanol–water partition coefficient (Wildman–Crippen LogP) is 2.98. The number of thiocarbonyl (C=S) groups is 1. The quantitative estimate of drug-likeness (QED) is 0.614. The van der Waals surface area contributed by atoms with Crippen molar-refractivity contribution >= 4 is 40.3 Å². The highest BCUT2D eigenvalue weighted by molar-refractivity contribution is 8.26. The first-order chi connectivity index (χ1) is 9.97. The Kier molecular flexibility index (Phi) is 5.50. The first kappa shape index (κ1) is 16.1. The van der Waals surface area contributed by atoms with Crippen molar-refractivity contribution in [1.82, 2.24) is 9.80 Å². The molecular weight excluding hydrogens is 307 g/mol. The van der Waals surface area contributed by atoms with Gasteiger partial charge in [0.15, 0.2) is 0 Å². The van der Waals surface area contributed by atoms with Crippen LogP contribution in [0.1, 0.15) is 12.0 Å². The summed E-state index contributed by atoms with van der Waals surface area (Å²) in [6, 6.07) is 6.05. The summed E-state index contributed by atoms with van der Waals surface area (Å²) in [6.45, 7) is 1.54. The molecule has 0 saturated carbocycles. The van der Waals surface area contributed by atoms with Crippen LogP contribution in [-0.4, -0.2) is 47.2 Å². The van der Waals surface area contributed by atoms with E-state index < -0.39 is 0 Å². The Balaban J connectivity index is 2.05. The Hall–Kier alpha value is -1.24. The van der Waals surface area contributed by atoms with Gasteiger partial charge in [-0.2, -0.15) is 0 Å². The molecule has 1 saturated heterocycles. The minimum atomic E-state index is -0.289. The third kappa shape index (κ3) is 4.36. The van der Waals surface area contributed by atoms with Crippen LogP contribution >= 0.6 is 24.0 Å². The first-order valence-corrected chi connectivity index (χ1v) is 7.85. The summed E-state index contributed by atoms with van der Waals surface area (Å²) in [5.41, 5.74) is 0.796.